The summed E-state index contributed by atoms with van der Waals surface area (Å²) in [5, 5.41) is 9.05. The molecule has 0 amide bonds. The monoisotopic (exact) mass is 367 g/mol. The van der Waals surface area contributed by atoms with Crippen LogP contribution < -0.4 is 4.72 Å². The maximum atomic E-state index is 12.2. The van der Waals surface area contributed by atoms with Crippen molar-refractivity contribution in [3.63, 3.8) is 0 Å². The topological polar surface area (TPSA) is 66.4 Å². The van der Waals surface area contributed by atoms with Crippen molar-refractivity contribution >= 4 is 37.3 Å². The van der Waals surface area contributed by atoms with Crippen molar-refractivity contribution < 1.29 is 13.5 Å². The van der Waals surface area contributed by atoms with Gasteiger partial charge in [-0.25, -0.2) is 13.1 Å². The van der Waals surface area contributed by atoms with E-state index in [1.165, 1.54) is 17.4 Å². The van der Waals surface area contributed by atoms with Crippen LogP contribution in [0.15, 0.2) is 14.7 Å². The molecular weight excluding hydrogens is 350 g/mol. The Labute approximate surface area is 126 Å². The minimum Gasteiger partial charge on any atom is -0.391 e. The minimum absolute atomic E-state index is 0.140. The molecule has 0 unspecified atom stereocenters. The van der Waals surface area contributed by atoms with E-state index in [2.05, 4.69) is 27.6 Å². The van der Waals surface area contributed by atoms with Crippen LogP contribution in [0.4, 0.5) is 0 Å². The van der Waals surface area contributed by atoms with Gasteiger partial charge < -0.3 is 5.11 Å². The Morgan fingerprint density at radius 3 is 2.68 bits per heavy atom. The highest BCUT2D eigenvalue weighted by Gasteiger charge is 2.42. The summed E-state index contributed by atoms with van der Waals surface area (Å²) in [7, 11) is -3.49. The average molecular weight is 368 g/mol. The zero-order valence-corrected chi connectivity index (χ0v) is 14.0. The third-order valence-corrected chi connectivity index (χ3v) is 7.16. The highest BCUT2D eigenvalue weighted by Crippen LogP contribution is 2.49. The maximum Gasteiger partial charge on any atom is 0.242 e. The molecule has 1 aromatic heterocycles. The fourth-order valence-corrected chi connectivity index (χ4v) is 5.90. The Balaban J connectivity index is 2.08. The summed E-state index contributed by atoms with van der Waals surface area (Å²) in [6, 6.07) is 1.52. The van der Waals surface area contributed by atoms with E-state index in [1.807, 2.05) is 0 Å². The van der Waals surface area contributed by atoms with Crippen molar-refractivity contribution in [2.45, 2.75) is 44.1 Å². The first kappa shape index (κ1) is 15.4. The van der Waals surface area contributed by atoms with Crippen molar-refractivity contribution in [2.24, 2.45) is 5.41 Å². The van der Waals surface area contributed by atoms with Gasteiger partial charge in [-0.3, -0.25) is 0 Å². The molecule has 108 valence electrons. The van der Waals surface area contributed by atoms with Crippen molar-refractivity contribution in [2.75, 3.05) is 6.54 Å². The van der Waals surface area contributed by atoms with Crippen LogP contribution in [0.5, 0.6) is 0 Å². The first-order valence-corrected chi connectivity index (χ1v) is 9.40. The van der Waals surface area contributed by atoms with E-state index in [4.69, 9.17) is 5.11 Å². The number of nitrogens with one attached hydrogen (secondary N) is 1. The lowest BCUT2D eigenvalue weighted by atomic mass is 10.0. The Morgan fingerprint density at radius 2 is 2.21 bits per heavy atom. The van der Waals surface area contributed by atoms with Crippen LogP contribution in [-0.2, 0) is 16.6 Å². The number of halogens is 1. The number of rotatable bonds is 7. The van der Waals surface area contributed by atoms with Gasteiger partial charge in [0.25, 0.3) is 0 Å². The van der Waals surface area contributed by atoms with Gasteiger partial charge >= 0.3 is 0 Å². The summed E-state index contributed by atoms with van der Waals surface area (Å²) in [6.07, 6.45) is 4.37. The number of hydrogen-bond donors (Lipinski definition) is 2. The van der Waals surface area contributed by atoms with Crippen LogP contribution in [0.1, 0.15) is 37.5 Å². The number of aliphatic hydroxyl groups excluding tert-OH is 1. The normalized spacial score (nSPS) is 17.6. The molecule has 2 N–H and O–H groups in total. The van der Waals surface area contributed by atoms with Crippen molar-refractivity contribution in [1.82, 2.24) is 4.72 Å². The van der Waals surface area contributed by atoms with Crippen LogP contribution in [-0.4, -0.2) is 20.1 Å². The molecule has 19 heavy (non-hydrogen) atoms. The summed E-state index contributed by atoms with van der Waals surface area (Å²) >= 11 is 4.50. The lowest BCUT2D eigenvalue weighted by Crippen LogP contribution is -2.30. The maximum absolute atomic E-state index is 12.2. The molecule has 0 radical (unpaired) electrons. The van der Waals surface area contributed by atoms with Gasteiger partial charge in [0.05, 0.1) is 10.4 Å². The Hall–Kier alpha value is 0.0500. The summed E-state index contributed by atoms with van der Waals surface area (Å²) in [6.45, 7) is 2.50. The molecule has 0 atom stereocenters. The molecule has 0 bridgehead atoms. The summed E-state index contributed by atoms with van der Waals surface area (Å²) < 4.78 is 27.7. The molecule has 1 saturated carbocycles. The number of hydrogen-bond acceptors (Lipinski definition) is 4. The summed E-state index contributed by atoms with van der Waals surface area (Å²) in [5.74, 6) is 0. The Morgan fingerprint density at radius 1 is 1.53 bits per heavy atom. The molecule has 4 nitrogen and oxygen atoms in total. The zero-order valence-electron chi connectivity index (χ0n) is 10.8. The van der Waals surface area contributed by atoms with E-state index < -0.39 is 10.0 Å². The van der Waals surface area contributed by atoms with Gasteiger partial charge in [0.15, 0.2) is 0 Å². The average Bonchev–Trinajstić information content (AvgIpc) is 3.01. The van der Waals surface area contributed by atoms with E-state index in [0.29, 0.717) is 15.2 Å². The summed E-state index contributed by atoms with van der Waals surface area (Å²) in [5.41, 5.74) is 0.185. The Kier molecular flexibility index (Phi) is 4.72. The van der Waals surface area contributed by atoms with Gasteiger partial charge in [-0.05, 0) is 46.7 Å². The molecule has 7 heteroatoms. The SMILES string of the molecule is CCCC1(CNS(=O)(=O)c2cc(CO)sc2Br)CC1. The highest BCUT2D eigenvalue weighted by molar-refractivity contribution is 9.11. The van der Waals surface area contributed by atoms with Crippen molar-refractivity contribution in [3.8, 4) is 0 Å². The molecule has 1 aliphatic rings. The van der Waals surface area contributed by atoms with Crippen molar-refractivity contribution in [3.05, 3.63) is 14.7 Å². The Bertz CT molecular complexity index is 549. The quantitative estimate of drug-likeness (QED) is 0.778. The predicted molar refractivity (Wildman–Crippen MR) is 79.7 cm³/mol. The van der Waals surface area contributed by atoms with E-state index in [-0.39, 0.29) is 16.9 Å². The van der Waals surface area contributed by atoms with Gasteiger partial charge in [0, 0.05) is 11.4 Å². The van der Waals surface area contributed by atoms with Gasteiger partial charge in [0.2, 0.25) is 10.0 Å². The van der Waals surface area contributed by atoms with Gasteiger partial charge in [-0.2, -0.15) is 0 Å². The number of thiophene rings is 1. The molecule has 1 fully saturated rings. The molecule has 0 spiro atoms. The molecule has 1 aliphatic carbocycles. The molecular formula is C12H18BrNO3S2. The predicted octanol–water partition coefficient (Wildman–Crippen LogP) is 2.86. The van der Waals surface area contributed by atoms with Crippen LogP contribution in [0, 0.1) is 5.41 Å². The standard InChI is InChI=1S/C12H18BrNO3S2/c1-2-3-12(4-5-12)8-14-19(16,17)10-6-9(7-15)18-11(10)13/h6,14-15H,2-5,7-8H2,1H3. The lowest BCUT2D eigenvalue weighted by Gasteiger charge is -2.14. The largest absolute Gasteiger partial charge is 0.391 e. The number of sulfonamides is 1. The second kappa shape index (κ2) is 5.81. The first-order chi connectivity index (χ1) is 8.92. The van der Waals surface area contributed by atoms with Crippen LogP contribution in [0.25, 0.3) is 0 Å². The van der Waals surface area contributed by atoms with E-state index in [9.17, 15) is 8.42 Å². The van der Waals surface area contributed by atoms with Crippen molar-refractivity contribution in [1.29, 1.82) is 0 Å². The minimum atomic E-state index is -3.49. The first-order valence-electron chi connectivity index (χ1n) is 6.31. The van der Waals surface area contributed by atoms with E-state index >= 15 is 0 Å². The van der Waals surface area contributed by atoms with Crippen LogP contribution in [0.3, 0.4) is 0 Å². The summed E-state index contributed by atoms with van der Waals surface area (Å²) in [4.78, 5) is 0.871. The molecule has 1 heterocycles. The second-order valence-electron chi connectivity index (χ2n) is 5.08. The van der Waals surface area contributed by atoms with Gasteiger partial charge in [-0.15, -0.1) is 11.3 Å². The lowest BCUT2D eigenvalue weighted by molar-refractivity contribution is 0.285. The van der Waals surface area contributed by atoms with E-state index in [1.54, 1.807) is 0 Å². The number of aliphatic hydroxyl groups is 1. The van der Waals surface area contributed by atoms with Crippen LogP contribution in [0.2, 0.25) is 0 Å². The molecule has 0 saturated heterocycles. The molecule has 0 aromatic carbocycles. The fourth-order valence-electron chi connectivity index (χ4n) is 2.21. The zero-order chi connectivity index (χ0) is 14.1. The van der Waals surface area contributed by atoms with E-state index in [0.717, 1.165) is 25.7 Å². The smallest absolute Gasteiger partial charge is 0.242 e. The second-order valence-corrected chi connectivity index (χ2v) is 9.27. The van der Waals surface area contributed by atoms with Gasteiger partial charge in [0.1, 0.15) is 4.90 Å². The third-order valence-electron chi connectivity index (χ3n) is 3.53. The third kappa shape index (κ3) is 3.58. The molecule has 2 rings (SSSR count). The van der Waals surface area contributed by atoms with Gasteiger partial charge in [-0.1, -0.05) is 13.3 Å². The molecule has 0 aliphatic heterocycles. The van der Waals surface area contributed by atoms with Crippen LogP contribution >= 0.6 is 27.3 Å². The molecule has 1 aromatic rings. The highest BCUT2D eigenvalue weighted by atomic mass is 79.9. The fraction of sp³-hybridized carbons (Fsp3) is 0.667.